The standard InChI is InChI=1S/C16H17N3O2/c1-10(12-3-2-4-13(17)9-12)16(21)19-14-7-5-11(6-8-14)15(18)20/h2-10H,17H2,1H3,(H2,18,20)(H,19,21). The van der Waals surface area contributed by atoms with Gasteiger partial charge in [-0.15, -0.1) is 0 Å². The van der Waals surface area contributed by atoms with Crippen molar-refractivity contribution in [1.82, 2.24) is 0 Å². The highest BCUT2D eigenvalue weighted by Gasteiger charge is 2.15. The maximum absolute atomic E-state index is 12.2. The van der Waals surface area contributed by atoms with Gasteiger partial charge >= 0.3 is 0 Å². The topological polar surface area (TPSA) is 98.2 Å². The van der Waals surface area contributed by atoms with Gasteiger partial charge in [-0.25, -0.2) is 0 Å². The number of nitrogens with two attached hydrogens (primary N) is 2. The number of carbonyl (C=O) groups is 2. The molecule has 2 rings (SSSR count). The lowest BCUT2D eigenvalue weighted by Crippen LogP contribution is -2.19. The van der Waals surface area contributed by atoms with Crippen LogP contribution in [0.25, 0.3) is 0 Å². The average Bonchev–Trinajstić information content (AvgIpc) is 2.47. The SMILES string of the molecule is CC(C(=O)Nc1ccc(C(N)=O)cc1)c1cccc(N)c1. The first kappa shape index (κ1) is 14.6. The molecule has 0 aliphatic heterocycles. The Kier molecular flexibility index (Phi) is 4.23. The largest absolute Gasteiger partial charge is 0.399 e. The van der Waals surface area contributed by atoms with Gasteiger partial charge in [-0.05, 0) is 48.9 Å². The normalized spacial score (nSPS) is 11.7. The Morgan fingerprint density at radius 2 is 1.76 bits per heavy atom. The van der Waals surface area contributed by atoms with Gasteiger partial charge in [0.2, 0.25) is 11.8 Å². The number of carbonyl (C=O) groups excluding carboxylic acids is 2. The maximum atomic E-state index is 12.2. The fraction of sp³-hybridized carbons (Fsp3) is 0.125. The van der Waals surface area contributed by atoms with Gasteiger partial charge in [0.15, 0.2) is 0 Å². The van der Waals surface area contributed by atoms with Crippen molar-refractivity contribution < 1.29 is 9.59 Å². The van der Waals surface area contributed by atoms with Crippen LogP contribution in [0.3, 0.4) is 0 Å². The van der Waals surface area contributed by atoms with E-state index in [-0.39, 0.29) is 11.8 Å². The van der Waals surface area contributed by atoms with E-state index >= 15 is 0 Å². The molecule has 0 bridgehead atoms. The van der Waals surface area contributed by atoms with Crippen molar-refractivity contribution >= 4 is 23.2 Å². The van der Waals surface area contributed by atoms with Gasteiger partial charge in [-0.1, -0.05) is 12.1 Å². The molecule has 2 aromatic carbocycles. The molecule has 2 aromatic rings. The molecule has 1 unspecified atom stereocenters. The van der Waals surface area contributed by atoms with E-state index in [1.165, 1.54) is 0 Å². The summed E-state index contributed by atoms with van der Waals surface area (Å²) in [7, 11) is 0. The molecule has 21 heavy (non-hydrogen) atoms. The van der Waals surface area contributed by atoms with E-state index < -0.39 is 5.91 Å². The van der Waals surface area contributed by atoms with Crippen LogP contribution in [-0.2, 0) is 4.79 Å². The second-order valence-corrected chi connectivity index (χ2v) is 4.82. The summed E-state index contributed by atoms with van der Waals surface area (Å²) in [5.41, 5.74) is 13.4. The number of rotatable bonds is 4. The molecule has 1 atom stereocenters. The van der Waals surface area contributed by atoms with Crippen molar-refractivity contribution in [3.8, 4) is 0 Å². The Labute approximate surface area is 123 Å². The lowest BCUT2D eigenvalue weighted by atomic mass is 9.99. The molecular formula is C16H17N3O2. The summed E-state index contributed by atoms with van der Waals surface area (Å²) in [6.07, 6.45) is 0. The van der Waals surface area contributed by atoms with E-state index in [1.807, 2.05) is 19.1 Å². The maximum Gasteiger partial charge on any atom is 0.248 e. The first-order valence-electron chi connectivity index (χ1n) is 6.53. The van der Waals surface area contributed by atoms with Crippen LogP contribution in [0.1, 0.15) is 28.8 Å². The van der Waals surface area contributed by atoms with Crippen LogP contribution in [-0.4, -0.2) is 11.8 Å². The lowest BCUT2D eigenvalue weighted by Gasteiger charge is -2.13. The van der Waals surface area contributed by atoms with Gasteiger partial charge in [-0.3, -0.25) is 9.59 Å². The van der Waals surface area contributed by atoms with Crippen LogP contribution in [0.5, 0.6) is 0 Å². The third-order valence-electron chi connectivity index (χ3n) is 3.24. The summed E-state index contributed by atoms with van der Waals surface area (Å²) in [6, 6.07) is 13.7. The molecule has 0 saturated carbocycles. The number of nitrogens with one attached hydrogen (secondary N) is 1. The minimum Gasteiger partial charge on any atom is -0.399 e. The first-order valence-corrected chi connectivity index (χ1v) is 6.53. The molecular weight excluding hydrogens is 266 g/mol. The van der Waals surface area contributed by atoms with Crippen molar-refractivity contribution in [2.45, 2.75) is 12.8 Å². The van der Waals surface area contributed by atoms with Crippen molar-refractivity contribution in [2.24, 2.45) is 5.73 Å². The van der Waals surface area contributed by atoms with E-state index in [1.54, 1.807) is 36.4 Å². The Morgan fingerprint density at radius 3 is 2.33 bits per heavy atom. The van der Waals surface area contributed by atoms with Crippen molar-refractivity contribution in [3.05, 3.63) is 59.7 Å². The zero-order valence-corrected chi connectivity index (χ0v) is 11.7. The monoisotopic (exact) mass is 283 g/mol. The van der Waals surface area contributed by atoms with E-state index in [0.717, 1.165) is 5.56 Å². The molecule has 5 heteroatoms. The molecule has 0 aliphatic carbocycles. The van der Waals surface area contributed by atoms with Gasteiger partial charge in [-0.2, -0.15) is 0 Å². The summed E-state index contributed by atoms with van der Waals surface area (Å²) < 4.78 is 0. The minimum absolute atomic E-state index is 0.146. The first-order chi connectivity index (χ1) is 9.97. The number of benzene rings is 2. The minimum atomic E-state index is -0.499. The zero-order chi connectivity index (χ0) is 15.4. The molecule has 0 aromatic heterocycles. The van der Waals surface area contributed by atoms with Gasteiger partial charge in [0.05, 0.1) is 5.92 Å². The van der Waals surface area contributed by atoms with Gasteiger partial charge < -0.3 is 16.8 Å². The van der Waals surface area contributed by atoms with Crippen molar-refractivity contribution in [3.63, 3.8) is 0 Å². The van der Waals surface area contributed by atoms with E-state index in [0.29, 0.717) is 16.9 Å². The third-order valence-corrected chi connectivity index (χ3v) is 3.24. The fourth-order valence-electron chi connectivity index (χ4n) is 1.95. The number of primary amides is 1. The molecule has 2 amide bonds. The molecule has 5 nitrogen and oxygen atoms in total. The number of anilines is 2. The van der Waals surface area contributed by atoms with E-state index in [2.05, 4.69) is 5.32 Å². The highest BCUT2D eigenvalue weighted by Crippen LogP contribution is 2.20. The Hall–Kier alpha value is -2.82. The summed E-state index contributed by atoms with van der Waals surface area (Å²) in [6.45, 7) is 1.81. The van der Waals surface area contributed by atoms with Crippen molar-refractivity contribution in [2.75, 3.05) is 11.1 Å². The average molecular weight is 283 g/mol. The highest BCUT2D eigenvalue weighted by molar-refractivity contribution is 5.97. The predicted octanol–water partition coefficient (Wildman–Crippen LogP) is 2.11. The molecule has 0 saturated heterocycles. The lowest BCUT2D eigenvalue weighted by molar-refractivity contribution is -0.117. The zero-order valence-electron chi connectivity index (χ0n) is 11.7. The quantitative estimate of drug-likeness (QED) is 0.749. The molecule has 5 N–H and O–H groups in total. The summed E-state index contributed by atoms with van der Waals surface area (Å²) in [5.74, 6) is -0.974. The smallest absolute Gasteiger partial charge is 0.248 e. The molecule has 0 aliphatic rings. The second kappa shape index (κ2) is 6.09. The third kappa shape index (κ3) is 3.60. The second-order valence-electron chi connectivity index (χ2n) is 4.82. The summed E-state index contributed by atoms with van der Waals surface area (Å²) in [4.78, 5) is 23.2. The molecule has 0 fully saturated rings. The van der Waals surface area contributed by atoms with Crippen LogP contribution in [0.4, 0.5) is 11.4 Å². The number of hydrogen-bond donors (Lipinski definition) is 3. The van der Waals surface area contributed by atoms with E-state index in [9.17, 15) is 9.59 Å². The number of nitrogen functional groups attached to an aromatic ring is 1. The summed E-state index contributed by atoms with van der Waals surface area (Å²) >= 11 is 0. The van der Waals surface area contributed by atoms with E-state index in [4.69, 9.17) is 11.5 Å². The van der Waals surface area contributed by atoms with Gasteiger partial charge in [0, 0.05) is 16.9 Å². The fourth-order valence-corrected chi connectivity index (χ4v) is 1.95. The molecule has 0 radical (unpaired) electrons. The molecule has 0 heterocycles. The molecule has 0 spiro atoms. The number of amides is 2. The van der Waals surface area contributed by atoms with Crippen LogP contribution in [0.2, 0.25) is 0 Å². The van der Waals surface area contributed by atoms with Crippen molar-refractivity contribution in [1.29, 1.82) is 0 Å². The molecule has 108 valence electrons. The predicted molar refractivity (Wildman–Crippen MR) is 82.9 cm³/mol. The number of hydrogen-bond acceptors (Lipinski definition) is 3. The van der Waals surface area contributed by atoms with Gasteiger partial charge in [0.1, 0.15) is 0 Å². The summed E-state index contributed by atoms with van der Waals surface area (Å²) in [5, 5.41) is 2.79. The van der Waals surface area contributed by atoms with Crippen LogP contribution in [0.15, 0.2) is 48.5 Å². The van der Waals surface area contributed by atoms with Crippen LogP contribution in [0, 0.1) is 0 Å². The Balaban J connectivity index is 2.08. The van der Waals surface area contributed by atoms with Crippen LogP contribution < -0.4 is 16.8 Å². The highest BCUT2D eigenvalue weighted by atomic mass is 16.2. The van der Waals surface area contributed by atoms with Crippen LogP contribution >= 0.6 is 0 Å². The Morgan fingerprint density at radius 1 is 1.10 bits per heavy atom. The van der Waals surface area contributed by atoms with Gasteiger partial charge in [0.25, 0.3) is 0 Å². The Bertz CT molecular complexity index is 665.